The van der Waals surface area contributed by atoms with Crippen LogP contribution in [0.4, 0.5) is 10.1 Å². The number of aromatic nitrogens is 2. The van der Waals surface area contributed by atoms with E-state index >= 15 is 0 Å². The zero-order valence-corrected chi connectivity index (χ0v) is 14.6. The van der Waals surface area contributed by atoms with Crippen molar-refractivity contribution in [2.75, 3.05) is 5.32 Å². The molecule has 0 saturated heterocycles. The summed E-state index contributed by atoms with van der Waals surface area (Å²) < 4.78 is 16.2. The first kappa shape index (κ1) is 16.0. The Bertz CT molecular complexity index is 1030. The Kier molecular flexibility index (Phi) is 3.51. The molecule has 1 amide bonds. The monoisotopic (exact) mass is 363 g/mol. The molecule has 0 bridgehead atoms. The first-order chi connectivity index (χ1) is 13.1. The van der Waals surface area contributed by atoms with Crippen LogP contribution < -0.4 is 16.2 Å². The molecule has 6 nitrogen and oxygen atoms in total. The third-order valence-corrected chi connectivity index (χ3v) is 5.39. The number of anilines is 1. The predicted molar refractivity (Wildman–Crippen MR) is 98.5 cm³/mol. The Balaban J connectivity index is 1.75. The number of amides is 1. The zero-order chi connectivity index (χ0) is 18.5. The van der Waals surface area contributed by atoms with Gasteiger partial charge in [0, 0.05) is 30.7 Å². The number of imidazole rings is 1. The predicted octanol–water partition coefficient (Wildman–Crippen LogP) is 2.80. The Morgan fingerprint density at radius 2 is 1.96 bits per heavy atom. The van der Waals surface area contributed by atoms with Crippen LogP contribution in [0.1, 0.15) is 45.3 Å². The van der Waals surface area contributed by atoms with Crippen LogP contribution in [0.2, 0.25) is 0 Å². The first-order valence-corrected chi connectivity index (χ1v) is 8.81. The number of nitrogens with zero attached hydrogens (tertiary/aromatic N) is 2. The maximum atomic E-state index is 14.2. The number of hydrogen-bond acceptors (Lipinski definition) is 4. The van der Waals surface area contributed by atoms with Crippen molar-refractivity contribution >= 4 is 11.6 Å². The van der Waals surface area contributed by atoms with E-state index in [1.807, 2.05) is 48.1 Å². The molecule has 0 fully saturated rings. The highest BCUT2D eigenvalue weighted by atomic mass is 19.1. The second-order valence-electron chi connectivity index (χ2n) is 6.95. The number of aryl methyl sites for hydroxylation is 1. The van der Waals surface area contributed by atoms with E-state index in [9.17, 15) is 9.18 Å². The van der Waals surface area contributed by atoms with Gasteiger partial charge in [-0.05, 0) is 17.7 Å². The van der Waals surface area contributed by atoms with Gasteiger partial charge in [0.2, 0.25) is 0 Å². The second kappa shape index (κ2) is 5.92. The fourth-order valence-corrected chi connectivity index (χ4v) is 4.21. The van der Waals surface area contributed by atoms with Crippen LogP contribution in [0.3, 0.4) is 0 Å². The molecule has 3 aromatic rings. The lowest BCUT2D eigenvalue weighted by atomic mass is 9.77. The normalized spacial score (nSPS) is 23.3. The first-order valence-electron chi connectivity index (χ1n) is 8.81. The Morgan fingerprint density at radius 1 is 1.15 bits per heavy atom. The van der Waals surface area contributed by atoms with E-state index in [1.54, 1.807) is 6.20 Å². The summed E-state index contributed by atoms with van der Waals surface area (Å²) in [4.78, 5) is 16.9. The van der Waals surface area contributed by atoms with Crippen molar-refractivity contribution in [1.29, 1.82) is 0 Å². The minimum absolute atomic E-state index is 0.107. The van der Waals surface area contributed by atoms with Gasteiger partial charge in [0.05, 0.1) is 23.6 Å². The van der Waals surface area contributed by atoms with E-state index in [-0.39, 0.29) is 23.9 Å². The molecule has 2 aliphatic rings. The summed E-state index contributed by atoms with van der Waals surface area (Å²) in [5.74, 6) is 0.00509. The van der Waals surface area contributed by atoms with Crippen molar-refractivity contribution in [1.82, 2.24) is 20.4 Å². The van der Waals surface area contributed by atoms with Crippen LogP contribution >= 0.6 is 0 Å². The van der Waals surface area contributed by atoms with Gasteiger partial charge < -0.3 is 9.88 Å². The van der Waals surface area contributed by atoms with E-state index < -0.39 is 5.82 Å². The lowest BCUT2D eigenvalue weighted by Gasteiger charge is -2.43. The third-order valence-electron chi connectivity index (χ3n) is 5.39. The molecule has 3 N–H and O–H groups in total. The summed E-state index contributed by atoms with van der Waals surface area (Å²) in [7, 11) is 1.95. The van der Waals surface area contributed by atoms with E-state index in [0.717, 1.165) is 17.0 Å². The molecule has 136 valence electrons. The molecule has 0 radical (unpaired) electrons. The highest BCUT2D eigenvalue weighted by Gasteiger charge is 2.44. The summed E-state index contributed by atoms with van der Waals surface area (Å²) in [5, 5.41) is 3.47. The number of halogens is 1. The number of nitrogens with one attached hydrogen (secondary N) is 3. The minimum Gasteiger partial charge on any atom is -0.377 e. The standard InChI is InChI=1S/C20H18FN5O/c1-26-8-7-22-19(26)16-17(11-5-3-2-4-6-11)23-14-10-12(21)9-13-15(14)18(16)24-25-20(13)27/h2-10,16-18,23-24H,1H3,(H,25,27). The fraction of sp³-hybridized carbons (Fsp3) is 0.200. The number of hydrogen-bond donors (Lipinski definition) is 3. The van der Waals surface area contributed by atoms with Gasteiger partial charge in [0.25, 0.3) is 5.91 Å². The van der Waals surface area contributed by atoms with Crippen LogP contribution in [0.15, 0.2) is 54.9 Å². The number of benzene rings is 2. The maximum absolute atomic E-state index is 14.2. The van der Waals surface area contributed by atoms with Crippen LogP contribution in [0, 0.1) is 5.82 Å². The highest BCUT2D eigenvalue weighted by Crippen LogP contribution is 2.50. The van der Waals surface area contributed by atoms with Crippen molar-refractivity contribution in [3.8, 4) is 0 Å². The molecule has 0 spiro atoms. The van der Waals surface area contributed by atoms with Crippen LogP contribution in [0.5, 0.6) is 0 Å². The topological polar surface area (TPSA) is 71.0 Å². The Hall–Kier alpha value is -3.19. The summed E-state index contributed by atoms with van der Waals surface area (Å²) in [5.41, 5.74) is 8.66. The van der Waals surface area contributed by atoms with Gasteiger partial charge >= 0.3 is 0 Å². The molecule has 0 aliphatic carbocycles. The molecular formula is C20H18FN5O. The summed E-state index contributed by atoms with van der Waals surface area (Å²) in [6, 6.07) is 12.4. The van der Waals surface area contributed by atoms with Gasteiger partial charge in [-0.25, -0.2) is 14.8 Å². The summed E-state index contributed by atoms with van der Waals surface area (Å²) in [6.45, 7) is 0. The van der Waals surface area contributed by atoms with E-state index in [1.165, 1.54) is 12.1 Å². The molecule has 3 unspecified atom stereocenters. The lowest BCUT2D eigenvalue weighted by molar-refractivity contribution is 0.0897. The minimum atomic E-state index is -0.436. The summed E-state index contributed by atoms with van der Waals surface area (Å²) >= 11 is 0. The molecule has 27 heavy (non-hydrogen) atoms. The molecular weight excluding hydrogens is 345 g/mol. The van der Waals surface area contributed by atoms with Crippen LogP contribution in [0.25, 0.3) is 0 Å². The number of rotatable bonds is 2. The fourth-order valence-electron chi connectivity index (χ4n) is 4.21. The number of carbonyl (C=O) groups excluding carboxylic acids is 1. The quantitative estimate of drug-likeness (QED) is 0.655. The zero-order valence-electron chi connectivity index (χ0n) is 14.6. The Labute approximate surface area is 155 Å². The van der Waals surface area contributed by atoms with Gasteiger partial charge in [-0.2, -0.15) is 0 Å². The third kappa shape index (κ3) is 2.43. The van der Waals surface area contributed by atoms with Gasteiger partial charge in [-0.3, -0.25) is 10.2 Å². The lowest BCUT2D eigenvalue weighted by Crippen LogP contribution is -2.51. The largest absolute Gasteiger partial charge is 0.377 e. The molecule has 0 saturated carbocycles. The molecule has 3 heterocycles. The molecule has 7 heteroatoms. The van der Waals surface area contributed by atoms with E-state index in [2.05, 4.69) is 21.2 Å². The van der Waals surface area contributed by atoms with Gasteiger partial charge in [0.15, 0.2) is 0 Å². The van der Waals surface area contributed by atoms with Crippen molar-refractivity contribution in [3.05, 3.63) is 83.2 Å². The number of carbonyl (C=O) groups is 1. The van der Waals surface area contributed by atoms with Gasteiger partial charge in [0.1, 0.15) is 11.6 Å². The SMILES string of the molecule is Cn1ccnc1C1C(c2ccccc2)Nc2cc(F)cc3c2C1NNC3=O. The highest BCUT2D eigenvalue weighted by molar-refractivity contribution is 5.98. The molecule has 1 aromatic heterocycles. The van der Waals surface area contributed by atoms with Crippen LogP contribution in [-0.4, -0.2) is 15.5 Å². The van der Waals surface area contributed by atoms with E-state index in [0.29, 0.717) is 11.3 Å². The average Bonchev–Trinajstić information content (AvgIpc) is 3.10. The van der Waals surface area contributed by atoms with Crippen LogP contribution in [-0.2, 0) is 7.05 Å². The van der Waals surface area contributed by atoms with Gasteiger partial charge in [-0.1, -0.05) is 30.3 Å². The molecule has 5 rings (SSSR count). The maximum Gasteiger partial charge on any atom is 0.265 e. The molecule has 2 aromatic carbocycles. The molecule has 3 atom stereocenters. The van der Waals surface area contributed by atoms with Crippen molar-refractivity contribution in [3.63, 3.8) is 0 Å². The number of hydrazine groups is 1. The average molecular weight is 363 g/mol. The second-order valence-corrected chi connectivity index (χ2v) is 6.95. The Morgan fingerprint density at radius 3 is 2.70 bits per heavy atom. The smallest absolute Gasteiger partial charge is 0.265 e. The van der Waals surface area contributed by atoms with E-state index in [4.69, 9.17) is 0 Å². The summed E-state index contributed by atoms with van der Waals surface area (Å²) in [6.07, 6.45) is 3.67. The van der Waals surface area contributed by atoms with Crippen molar-refractivity contribution < 1.29 is 9.18 Å². The molecule has 2 aliphatic heterocycles. The van der Waals surface area contributed by atoms with Crippen molar-refractivity contribution in [2.24, 2.45) is 7.05 Å². The van der Waals surface area contributed by atoms with Crippen molar-refractivity contribution in [2.45, 2.75) is 18.0 Å². The van der Waals surface area contributed by atoms with Gasteiger partial charge in [-0.15, -0.1) is 0 Å².